The average molecular weight is 417 g/mol. The van der Waals surface area contributed by atoms with Gasteiger partial charge in [0.2, 0.25) is 0 Å². The second-order valence-corrected chi connectivity index (χ2v) is 7.72. The molecular weight excluding hydrogens is 397 g/mol. The Labute approximate surface area is 178 Å². The highest BCUT2D eigenvalue weighted by Crippen LogP contribution is 2.37. The summed E-state index contributed by atoms with van der Waals surface area (Å²) in [6.07, 6.45) is 2.60. The van der Waals surface area contributed by atoms with Crippen LogP contribution in [-0.2, 0) is 13.2 Å². The fraction of sp³-hybridized carbons (Fsp3) is 0.208. The summed E-state index contributed by atoms with van der Waals surface area (Å²) in [7, 11) is 0. The molecule has 0 spiro atoms. The Balaban J connectivity index is 1.27. The number of amides is 2. The van der Waals surface area contributed by atoms with Crippen LogP contribution in [0.2, 0.25) is 0 Å². The fourth-order valence-electron chi connectivity index (χ4n) is 3.84. The highest BCUT2D eigenvalue weighted by Gasteiger charge is 2.30. The Hall–Kier alpha value is -3.74. The lowest BCUT2D eigenvalue weighted by molar-refractivity contribution is 0.0400. The van der Waals surface area contributed by atoms with Crippen molar-refractivity contribution < 1.29 is 18.7 Å². The molecule has 3 heterocycles. The largest absolute Gasteiger partial charge is 0.488 e. The highest BCUT2D eigenvalue weighted by molar-refractivity contribution is 5.96. The number of halogens is 1. The first-order chi connectivity index (χ1) is 15.1. The van der Waals surface area contributed by atoms with Crippen LogP contribution in [0.3, 0.4) is 0 Å². The van der Waals surface area contributed by atoms with Crippen molar-refractivity contribution in [3.8, 4) is 16.9 Å². The van der Waals surface area contributed by atoms with Gasteiger partial charge in [-0.15, -0.1) is 0 Å². The van der Waals surface area contributed by atoms with Crippen molar-refractivity contribution in [1.29, 1.82) is 0 Å². The molecule has 2 aromatic carbocycles. The molecule has 156 valence electrons. The Kier molecular flexibility index (Phi) is 4.86. The molecule has 0 radical (unpaired) electrons. The molecule has 2 aliphatic rings. The van der Waals surface area contributed by atoms with Crippen LogP contribution in [0.5, 0.6) is 5.75 Å². The lowest BCUT2D eigenvalue weighted by Crippen LogP contribution is -2.51. The van der Waals surface area contributed by atoms with Gasteiger partial charge in [-0.25, -0.2) is 4.39 Å². The smallest absolute Gasteiger partial charge is 0.254 e. The summed E-state index contributed by atoms with van der Waals surface area (Å²) in [5.74, 6) is 0.246. The molecule has 0 atom stereocenters. The zero-order valence-electron chi connectivity index (χ0n) is 16.7. The number of pyridine rings is 1. The number of nitrogens with one attached hydrogen (secondary N) is 1. The molecular formula is C24H20FN3O3. The van der Waals surface area contributed by atoms with Gasteiger partial charge in [-0.2, -0.15) is 0 Å². The molecule has 2 amide bonds. The normalized spacial score (nSPS) is 14.7. The summed E-state index contributed by atoms with van der Waals surface area (Å²) in [5.41, 5.74) is 4.81. The van der Waals surface area contributed by atoms with Crippen molar-refractivity contribution in [3.63, 3.8) is 0 Å². The number of benzene rings is 2. The molecule has 1 aromatic heterocycles. The van der Waals surface area contributed by atoms with Gasteiger partial charge in [0.15, 0.2) is 0 Å². The third-order valence-corrected chi connectivity index (χ3v) is 5.57. The summed E-state index contributed by atoms with van der Waals surface area (Å²) in [5, 5.41) is 2.88. The van der Waals surface area contributed by atoms with Crippen LogP contribution in [0.4, 0.5) is 4.39 Å². The van der Waals surface area contributed by atoms with Gasteiger partial charge in [0.05, 0.1) is 13.1 Å². The topological polar surface area (TPSA) is 71.5 Å². The second-order valence-electron chi connectivity index (χ2n) is 7.72. The molecule has 1 fully saturated rings. The zero-order chi connectivity index (χ0) is 21.4. The number of rotatable bonds is 4. The molecule has 3 aromatic rings. The Morgan fingerprint density at radius 1 is 1.10 bits per heavy atom. The number of likely N-dealkylation sites (tertiary alicyclic amines) is 1. The van der Waals surface area contributed by atoms with E-state index in [2.05, 4.69) is 10.3 Å². The van der Waals surface area contributed by atoms with E-state index in [1.165, 1.54) is 4.90 Å². The third-order valence-electron chi connectivity index (χ3n) is 5.57. The predicted molar refractivity (Wildman–Crippen MR) is 112 cm³/mol. The van der Waals surface area contributed by atoms with Gasteiger partial charge in [-0.3, -0.25) is 14.6 Å². The van der Waals surface area contributed by atoms with Crippen molar-refractivity contribution in [2.75, 3.05) is 13.1 Å². The van der Waals surface area contributed by atoms with E-state index in [4.69, 9.17) is 4.74 Å². The highest BCUT2D eigenvalue weighted by atomic mass is 19.1. The van der Waals surface area contributed by atoms with Crippen LogP contribution < -0.4 is 10.1 Å². The number of hydrogen-bond acceptors (Lipinski definition) is 4. The number of hydrogen-bond donors (Lipinski definition) is 1. The number of fused-ring (bicyclic) bond motifs is 3. The average Bonchev–Trinajstić information content (AvgIpc) is 2.79. The molecule has 31 heavy (non-hydrogen) atoms. The minimum Gasteiger partial charge on any atom is -0.488 e. The number of carbonyl (C=O) groups excluding carboxylic acids is 2. The maximum absolute atomic E-state index is 13.0. The van der Waals surface area contributed by atoms with Crippen molar-refractivity contribution in [3.05, 3.63) is 83.2 Å². The molecule has 0 unspecified atom stereocenters. The first-order valence-electron chi connectivity index (χ1n) is 10.1. The maximum atomic E-state index is 13.0. The SMILES string of the molecule is O=C(NCc1cccc(C(=O)N2CC(F)C2)c1)c1ccc2c(c1)OCc1cnccc1-2. The molecule has 0 saturated carbocycles. The summed E-state index contributed by atoms with van der Waals surface area (Å²) >= 11 is 0. The van der Waals surface area contributed by atoms with E-state index in [9.17, 15) is 14.0 Å². The minimum atomic E-state index is -0.933. The van der Waals surface area contributed by atoms with Crippen molar-refractivity contribution in [2.24, 2.45) is 0 Å². The minimum absolute atomic E-state index is 0.140. The van der Waals surface area contributed by atoms with E-state index >= 15 is 0 Å². The van der Waals surface area contributed by atoms with Gasteiger partial charge in [-0.05, 0) is 47.5 Å². The van der Waals surface area contributed by atoms with Crippen LogP contribution in [0, 0.1) is 0 Å². The predicted octanol–water partition coefficient (Wildman–Crippen LogP) is 3.36. The van der Waals surface area contributed by atoms with Gasteiger partial charge >= 0.3 is 0 Å². The van der Waals surface area contributed by atoms with Crippen LogP contribution in [0.15, 0.2) is 60.9 Å². The van der Waals surface area contributed by atoms with E-state index in [1.807, 2.05) is 18.2 Å². The lowest BCUT2D eigenvalue weighted by atomic mass is 9.97. The Bertz CT molecular complexity index is 1170. The Morgan fingerprint density at radius 3 is 2.81 bits per heavy atom. The zero-order valence-corrected chi connectivity index (χ0v) is 16.7. The van der Waals surface area contributed by atoms with E-state index in [0.29, 0.717) is 23.5 Å². The number of aromatic nitrogens is 1. The molecule has 7 heteroatoms. The molecule has 0 aliphatic carbocycles. The second kappa shape index (κ2) is 7.83. The van der Waals surface area contributed by atoms with E-state index in [-0.39, 0.29) is 31.4 Å². The summed E-state index contributed by atoms with van der Waals surface area (Å²) in [4.78, 5) is 30.6. The van der Waals surface area contributed by atoms with Gasteiger partial charge in [0.25, 0.3) is 11.8 Å². The van der Waals surface area contributed by atoms with E-state index in [1.54, 1.807) is 42.7 Å². The molecule has 1 saturated heterocycles. The Morgan fingerprint density at radius 2 is 1.97 bits per heavy atom. The molecule has 5 rings (SSSR count). The summed E-state index contributed by atoms with van der Waals surface area (Å²) in [6, 6.07) is 14.4. The summed E-state index contributed by atoms with van der Waals surface area (Å²) < 4.78 is 18.8. The van der Waals surface area contributed by atoms with Gasteiger partial charge in [0, 0.05) is 41.2 Å². The maximum Gasteiger partial charge on any atom is 0.254 e. The van der Waals surface area contributed by atoms with Crippen LogP contribution in [-0.4, -0.2) is 41.0 Å². The number of carbonyl (C=O) groups is 2. The number of nitrogens with zero attached hydrogens (tertiary/aromatic N) is 2. The number of alkyl halides is 1. The summed E-state index contributed by atoms with van der Waals surface area (Å²) in [6.45, 7) is 0.975. The first kappa shape index (κ1) is 19.2. The lowest BCUT2D eigenvalue weighted by Gasteiger charge is -2.34. The molecule has 2 aliphatic heterocycles. The van der Waals surface area contributed by atoms with Crippen molar-refractivity contribution >= 4 is 11.8 Å². The van der Waals surface area contributed by atoms with E-state index < -0.39 is 6.17 Å². The van der Waals surface area contributed by atoms with Gasteiger partial charge in [0.1, 0.15) is 18.5 Å². The standard InChI is InChI=1S/C24H20FN3O3/c25-19-12-28(13-19)24(30)17-3-1-2-15(8-17)10-27-23(29)16-4-5-21-20-6-7-26-11-18(20)14-31-22(21)9-16/h1-9,11,19H,10,12-14H2,(H,27,29). The monoisotopic (exact) mass is 417 g/mol. The quantitative estimate of drug-likeness (QED) is 0.707. The van der Waals surface area contributed by atoms with Crippen LogP contribution in [0.25, 0.3) is 11.1 Å². The first-order valence-corrected chi connectivity index (χ1v) is 10.1. The van der Waals surface area contributed by atoms with Gasteiger partial charge < -0.3 is 15.0 Å². The van der Waals surface area contributed by atoms with Crippen molar-refractivity contribution in [1.82, 2.24) is 15.2 Å². The van der Waals surface area contributed by atoms with E-state index in [0.717, 1.165) is 22.3 Å². The van der Waals surface area contributed by atoms with Crippen LogP contribution in [0.1, 0.15) is 31.8 Å². The third kappa shape index (κ3) is 3.74. The number of ether oxygens (including phenoxy) is 1. The molecule has 1 N–H and O–H groups in total. The fourth-order valence-corrected chi connectivity index (χ4v) is 3.84. The molecule has 6 nitrogen and oxygen atoms in total. The van der Waals surface area contributed by atoms with Crippen molar-refractivity contribution in [2.45, 2.75) is 19.3 Å². The van der Waals surface area contributed by atoms with Gasteiger partial charge in [-0.1, -0.05) is 12.1 Å². The molecule has 0 bridgehead atoms. The van der Waals surface area contributed by atoms with Crippen LogP contribution >= 0.6 is 0 Å².